The lowest BCUT2D eigenvalue weighted by molar-refractivity contribution is -0.137. The zero-order chi connectivity index (χ0) is 20.9. The number of alkyl halides is 3. The molecule has 0 spiro atoms. The van der Waals surface area contributed by atoms with Crippen molar-refractivity contribution >= 4 is 56.5 Å². The maximum absolute atomic E-state index is 12.8. The average molecular weight is 496 g/mol. The summed E-state index contributed by atoms with van der Waals surface area (Å²) in [6, 6.07) is 7.51. The van der Waals surface area contributed by atoms with Gasteiger partial charge in [0.05, 0.1) is 27.4 Å². The highest BCUT2D eigenvalue weighted by Crippen LogP contribution is 2.33. The van der Waals surface area contributed by atoms with Crippen LogP contribution < -0.4 is 15.4 Å². The van der Waals surface area contributed by atoms with E-state index in [0.29, 0.717) is 16.8 Å². The average Bonchev–Trinajstić information content (AvgIpc) is 2.61. The third-order valence-electron chi connectivity index (χ3n) is 3.42. The van der Waals surface area contributed by atoms with E-state index in [2.05, 4.69) is 26.6 Å². The Labute approximate surface area is 178 Å². The number of halogens is 5. The number of thiocarbonyl (C=S) groups is 1. The summed E-state index contributed by atoms with van der Waals surface area (Å²) in [4.78, 5) is 12.3. The second kappa shape index (κ2) is 9.58. The van der Waals surface area contributed by atoms with E-state index < -0.39 is 17.6 Å². The molecule has 0 aliphatic rings. The first-order chi connectivity index (χ1) is 13.1. The first kappa shape index (κ1) is 22.4. The van der Waals surface area contributed by atoms with E-state index in [1.54, 1.807) is 18.2 Å². The molecule has 0 saturated carbocycles. The standard InChI is InChI=1S/C18H15BrClF3N2O2S/c1-2-7-27-15-6-3-10(8-12(15)19)16(26)25-17(28)24-14-9-11(18(21,22)23)4-5-13(14)20/h3-6,8-9H,2,7H2,1H3,(H2,24,25,26,28). The quantitative estimate of drug-likeness (QED) is 0.497. The number of nitrogens with one attached hydrogen (secondary N) is 2. The minimum Gasteiger partial charge on any atom is -0.492 e. The van der Waals surface area contributed by atoms with Crippen molar-refractivity contribution in [2.24, 2.45) is 0 Å². The molecule has 0 radical (unpaired) electrons. The van der Waals surface area contributed by atoms with Crippen LogP contribution in [0.15, 0.2) is 40.9 Å². The van der Waals surface area contributed by atoms with E-state index >= 15 is 0 Å². The summed E-state index contributed by atoms with van der Waals surface area (Å²) in [5.74, 6) is 0.0539. The monoisotopic (exact) mass is 494 g/mol. The number of carbonyl (C=O) groups excluding carboxylic acids is 1. The van der Waals surface area contributed by atoms with E-state index in [9.17, 15) is 18.0 Å². The van der Waals surface area contributed by atoms with Crippen LogP contribution in [-0.4, -0.2) is 17.6 Å². The summed E-state index contributed by atoms with van der Waals surface area (Å²) in [6.07, 6.45) is -3.69. The topological polar surface area (TPSA) is 50.4 Å². The van der Waals surface area contributed by atoms with Crippen LogP contribution in [0.5, 0.6) is 5.75 Å². The largest absolute Gasteiger partial charge is 0.492 e. The molecule has 0 fully saturated rings. The highest BCUT2D eigenvalue weighted by atomic mass is 79.9. The zero-order valence-electron chi connectivity index (χ0n) is 14.5. The van der Waals surface area contributed by atoms with Crippen LogP contribution in [0.1, 0.15) is 29.3 Å². The minimum atomic E-state index is -4.53. The molecule has 150 valence electrons. The summed E-state index contributed by atoms with van der Waals surface area (Å²) in [7, 11) is 0. The third-order valence-corrected chi connectivity index (χ3v) is 4.58. The Hall–Kier alpha value is -1.84. The summed E-state index contributed by atoms with van der Waals surface area (Å²) in [5.41, 5.74) is -0.665. The second-order valence-corrected chi connectivity index (χ2v) is 7.26. The van der Waals surface area contributed by atoms with E-state index in [-0.39, 0.29) is 21.4 Å². The lowest BCUT2D eigenvalue weighted by atomic mass is 10.2. The van der Waals surface area contributed by atoms with Crippen LogP contribution in [-0.2, 0) is 6.18 Å². The van der Waals surface area contributed by atoms with Crippen molar-refractivity contribution in [1.29, 1.82) is 0 Å². The molecule has 0 heterocycles. The molecule has 0 aliphatic carbocycles. The minimum absolute atomic E-state index is 0.0322. The van der Waals surface area contributed by atoms with Crippen molar-refractivity contribution in [3.63, 3.8) is 0 Å². The van der Waals surface area contributed by atoms with Gasteiger partial charge in [-0.2, -0.15) is 13.2 Å². The van der Waals surface area contributed by atoms with Gasteiger partial charge in [-0.3, -0.25) is 10.1 Å². The molecule has 2 aromatic carbocycles. The van der Waals surface area contributed by atoms with Gasteiger partial charge in [-0.15, -0.1) is 0 Å². The summed E-state index contributed by atoms with van der Waals surface area (Å²) in [6.45, 7) is 2.51. The molecular weight excluding hydrogens is 481 g/mol. The molecule has 0 saturated heterocycles. The zero-order valence-corrected chi connectivity index (χ0v) is 17.7. The predicted molar refractivity (Wildman–Crippen MR) is 110 cm³/mol. The molecule has 0 aromatic heterocycles. The summed E-state index contributed by atoms with van der Waals surface area (Å²) >= 11 is 14.2. The Balaban J connectivity index is 2.07. The van der Waals surface area contributed by atoms with Gasteiger partial charge in [-0.05, 0) is 71.0 Å². The van der Waals surface area contributed by atoms with Gasteiger partial charge in [0.15, 0.2) is 5.11 Å². The molecule has 0 unspecified atom stereocenters. The maximum Gasteiger partial charge on any atom is 0.416 e. The Morgan fingerprint density at radius 1 is 1.25 bits per heavy atom. The van der Waals surface area contributed by atoms with Crippen LogP contribution in [0.4, 0.5) is 18.9 Å². The molecule has 4 nitrogen and oxygen atoms in total. The predicted octanol–water partition coefficient (Wildman–Crippen LogP) is 6.04. The van der Waals surface area contributed by atoms with E-state index in [4.69, 9.17) is 28.6 Å². The smallest absolute Gasteiger partial charge is 0.416 e. The number of hydrogen-bond acceptors (Lipinski definition) is 3. The molecule has 0 atom stereocenters. The van der Waals surface area contributed by atoms with Gasteiger partial charge in [0.2, 0.25) is 0 Å². The van der Waals surface area contributed by atoms with Gasteiger partial charge in [-0.1, -0.05) is 18.5 Å². The highest BCUT2D eigenvalue weighted by molar-refractivity contribution is 9.10. The van der Waals surface area contributed by atoms with E-state index in [0.717, 1.165) is 24.6 Å². The molecule has 2 N–H and O–H groups in total. The van der Waals surface area contributed by atoms with E-state index in [1.807, 2.05) is 6.92 Å². The van der Waals surface area contributed by atoms with Crippen molar-refractivity contribution in [3.05, 3.63) is 57.0 Å². The van der Waals surface area contributed by atoms with Gasteiger partial charge in [0.1, 0.15) is 5.75 Å². The number of amides is 1. The molecule has 10 heteroatoms. The SMILES string of the molecule is CCCOc1ccc(C(=O)NC(=S)Nc2cc(C(F)(F)F)ccc2Cl)cc1Br. The Morgan fingerprint density at radius 2 is 1.96 bits per heavy atom. The highest BCUT2D eigenvalue weighted by Gasteiger charge is 2.31. The Bertz CT molecular complexity index is 894. The van der Waals surface area contributed by atoms with Gasteiger partial charge in [0.25, 0.3) is 5.91 Å². The lowest BCUT2D eigenvalue weighted by Crippen LogP contribution is -2.34. The molecule has 2 aromatic rings. The summed E-state index contributed by atoms with van der Waals surface area (Å²) < 4.78 is 44.6. The molecule has 0 aliphatic heterocycles. The number of anilines is 1. The lowest BCUT2D eigenvalue weighted by Gasteiger charge is -2.14. The summed E-state index contributed by atoms with van der Waals surface area (Å²) in [5, 5.41) is 4.75. The number of ether oxygens (including phenoxy) is 1. The van der Waals surface area contributed by atoms with Crippen molar-refractivity contribution in [3.8, 4) is 5.75 Å². The van der Waals surface area contributed by atoms with E-state index in [1.165, 1.54) is 0 Å². The van der Waals surface area contributed by atoms with Crippen LogP contribution >= 0.6 is 39.7 Å². The Morgan fingerprint density at radius 3 is 2.57 bits per heavy atom. The molecule has 2 rings (SSSR count). The number of carbonyl (C=O) groups is 1. The molecule has 0 bridgehead atoms. The third kappa shape index (κ3) is 6.08. The van der Waals surface area contributed by atoms with Crippen molar-refractivity contribution in [2.45, 2.75) is 19.5 Å². The number of rotatable bonds is 5. The van der Waals surface area contributed by atoms with Gasteiger partial charge < -0.3 is 10.1 Å². The normalized spacial score (nSPS) is 11.1. The van der Waals surface area contributed by atoms with Gasteiger partial charge >= 0.3 is 6.18 Å². The number of hydrogen-bond donors (Lipinski definition) is 2. The number of benzene rings is 2. The fourth-order valence-electron chi connectivity index (χ4n) is 2.10. The van der Waals surface area contributed by atoms with Crippen LogP contribution in [0, 0.1) is 0 Å². The van der Waals surface area contributed by atoms with Gasteiger partial charge in [0, 0.05) is 5.56 Å². The van der Waals surface area contributed by atoms with Crippen molar-refractivity contribution in [1.82, 2.24) is 5.32 Å². The molecule has 1 amide bonds. The first-order valence-corrected chi connectivity index (χ1v) is 9.61. The van der Waals surface area contributed by atoms with Crippen LogP contribution in [0.25, 0.3) is 0 Å². The van der Waals surface area contributed by atoms with Crippen LogP contribution in [0.2, 0.25) is 5.02 Å². The Kier molecular flexibility index (Phi) is 7.68. The van der Waals surface area contributed by atoms with Crippen molar-refractivity contribution < 1.29 is 22.7 Å². The van der Waals surface area contributed by atoms with Crippen LogP contribution in [0.3, 0.4) is 0 Å². The fourth-order valence-corrected chi connectivity index (χ4v) is 2.96. The molecular formula is C18H15BrClF3N2O2S. The van der Waals surface area contributed by atoms with Gasteiger partial charge in [-0.25, -0.2) is 0 Å². The fraction of sp³-hybridized carbons (Fsp3) is 0.222. The second-order valence-electron chi connectivity index (χ2n) is 5.59. The van der Waals surface area contributed by atoms with Crippen molar-refractivity contribution in [2.75, 3.05) is 11.9 Å². The molecule has 28 heavy (non-hydrogen) atoms. The maximum atomic E-state index is 12.8. The first-order valence-electron chi connectivity index (χ1n) is 8.03.